The van der Waals surface area contributed by atoms with Crippen LogP contribution in [0.2, 0.25) is 0 Å². The zero-order valence-corrected chi connectivity index (χ0v) is 18.2. The molecule has 5 rings (SSSR count). The summed E-state index contributed by atoms with van der Waals surface area (Å²) in [7, 11) is 1.31. The van der Waals surface area contributed by atoms with Crippen molar-refractivity contribution >= 4 is 34.8 Å². The summed E-state index contributed by atoms with van der Waals surface area (Å²) in [4.78, 5) is 52.5. The molecule has 2 fully saturated rings. The zero-order chi connectivity index (χ0) is 23.7. The number of nitrogens with zero attached hydrogens (tertiary/aromatic N) is 2. The van der Waals surface area contributed by atoms with Gasteiger partial charge in [0.05, 0.1) is 35.6 Å². The third-order valence-electron chi connectivity index (χ3n) is 6.89. The Morgan fingerprint density at radius 1 is 1.12 bits per heavy atom. The van der Waals surface area contributed by atoms with Crippen molar-refractivity contribution in [3.63, 3.8) is 0 Å². The predicted octanol–water partition coefficient (Wildman–Crippen LogP) is 2.18. The lowest BCUT2D eigenvalue weighted by molar-refractivity contribution is -0.384. The maximum atomic E-state index is 13.9. The molecule has 170 valence electrons. The number of methoxy groups -OCH3 is 1. The maximum absolute atomic E-state index is 13.9. The molecule has 0 saturated carbocycles. The minimum atomic E-state index is -1.38. The number of hydrogen-bond donors (Lipinski definition) is 2. The summed E-state index contributed by atoms with van der Waals surface area (Å²) in [6.45, 7) is 3.86. The number of para-hydroxylation sites is 1. The van der Waals surface area contributed by atoms with E-state index in [0.29, 0.717) is 11.3 Å². The molecule has 1 spiro atoms. The molecule has 0 radical (unpaired) electrons. The van der Waals surface area contributed by atoms with Crippen LogP contribution in [0.5, 0.6) is 5.75 Å². The van der Waals surface area contributed by atoms with Crippen LogP contribution in [0.3, 0.4) is 0 Å². The molecule has 2 saturated heterocycles. The number of fused-ring (bicyclic) bond motifs is 4. The number of carbonyl (C=O) groups excluding carboxylic acids is 3. The number of nitro benzene ring substituents is 1. The van der Waals surface area contributed by atoms with Crippen LogP contribution in [0.1, 0.15) is 19.4 Å². The van der Waals surface area contributed by atoms with Gasteiger partial charge in [-0.25, -0.2) is 4.90 Å². The number of anilines is 2. The van der Waals surface area contributed by atoms with E-state index < -0.39 is 40.2 Å². The van der Waals surface area contributed by atoms with Crippen molar-refractivity contribution in [3.8, 4) is 5.75 Å². The fourth-order valence-electron chi connectivity index (χ4n) is 5.47. The summed E-state index contributed by atoms with van der Waals surface area (Å²) in [6.07, 6.45) is 0. The van der Waals surface area contributed by atoms with Crippen LogP contribution in [0, 0.1) is 27.9 Å². The van der Waals surface area contributed by atoms with Crippen LogP contribution < -0.4 is 20.3 Å². The average molecular weight is 450 g/mol. The van der Waals surface area contributed by atoms with Gasteiger partial charge in [0.25, 0.3) is 5.69 Å². The molecule has 10 nitrogen and oxygen atoms in total. The van der Waals surface area contributed by atoms with E-state index in [4.69, 9.17) is 4.74 Å². The molecule has 0 aliphatic carbocycles. The van der Waals surface area contributed by atoms with Crippen molar-refractivity contribution < 1.29 is 24.0 Å². The van der Waals surface area contributed by atoms with Crippen molar-refractivity contribution in [2.24, 2.45) is 17.8 Å². The molecule has 4 atom stereocenters. The largest absolute Gasteiger partial charge is 0.494 e. The van der Waals surface area contributed by atoms with Crippen molar-refractivity contribution in [2.75, 3.05) is 17.3 Å². The number of ether oxygens (including phenoxy) is 1. The first-order valence-electron chi connectivity index (χ1n) is 10.6. The molecule has 0 bridgehead atoms. The van der Waals surface area contributed by atoms with Gasteiger partial charge in [-0.3, -0.25) is 29.8 Å². The number of nitrogens with one attached hydrogen (secondary N) is 2. The molecule has 2 aromatic carbocycles. The van der Waals surface area contributed by atoms with Crippen LogP contribution in [0.15, 0.2) is 42.5 Å². The van der Waals surface area contributed by atoms with Crippen molar-refractivity contribution in [1.29, 1.82) is 0 Å². The molecule has 2 N–H and O–H groups in total. The summed E-state index contributed by atoms with van der Waals surface area (Å²) in [5.41, 5.74) is -0.253. The summed E-state index contributed by atoms with van der Waals surface area (Å²) in [6, 6.07) is 10.4. The van der Waals surface area contributed by atoms with E-state index in [1.54, 1.807) is 24.3 Å². The van der Waals surface area contributed by atoms with E-state index in [-0.39, 0.29) is 28.9 Å². The summed E-state index contributed by atoms with van der Waals surface area (Å²) in [5.74, 6) is -3.15. The van der Waals surface area contributed by atoms with Gasteiger partial charge in [0.15, 0.2) is 0 Å². The molecule has 3 heterocycles. The quantitative estimate of drug-likeness (QED) is 0.415. The Bertz CT molecular complexity index is 1230. The second-order valence-corrected chi connectivity index (χ2v) is 8.85. The Morgan fingerprint density at radius 2 is 1.85 bits per heavy atom. The number of amides is 3. The molecule has 3 amide bonds. The van der Waals surface area contributed by atoms with Gasteiger partial charge < -0.3 is 10.1 Å². The van der Waals surface area contributed by atoms with Crippen LogP contribution in [0.4, 0.5) is 17.1 Å². The minimum absolute atomic E-state index is 0.0326. The first-order chi connectivity index (χ1) is 15.7. The summed E-state index contributed by atoms with van der Waals surface area (Å²) < 4.78 is 5.29. The average Bonchev–Trinajstić information content (AvgIpc) is 3.38. The Balaban J connectivity index is 1.67. The molecule has 0 unspecified atom stereocenters. The lowest BCUT2D eigenvalue weighted by Gasteiger charge is -2.30. The van der Waals surface area contributed by atoms with E-state index in [1.807, 2.05) is 13.8 Å². The number of carbonyl (C=O) groups is 3. The number of benzene rings is 2. The third-order valence-corrected chi connectivity index (χ3v) is 6.89. The maximum Gasteiger partial charge on any atom is 0.273 e. The number of rotatable bonds is 4. The van der Waals surface area contributed by atoms with Gasteiger partial charge in [-0.1, -0.05) is 32.0 Å². The highest BCUT2D eigenvalue weighted by atomic mass is 16.6. The molecule has 3 aliphatic heterocycles. The van der Waals surface area contributed by atoms with E-state index in [2.05, 4.69) is 10.6 Å². The second kappa shape index (κ2) is 7.11. The van der Waals surface area contributed by atoms with E-state index >= 15 is 0 Å². The van der Waals surface area contributed by atoms with Crippen molar-refractivity contribution in [3.05, 3.63) is 58.1 Å². The van der Waals surface area contributed by atoms with Crippen LogP contribution in [0.25, 0.3) is 0 Å². The molecule has 10 heteroatoms. The molecule has 2 aromatic rings. The molecule has 3 aliphatic rings. The normalized spacial score (nSPS) is 27.8. The van der Waals surface area contributed by atoms with Crippen LogP contribution in [-0.4, -0.2) is 35.8 Å². The van der Waals surface area contributed by atoms with E-state index in [9.17, 15) is 24.5 Å². The zero-order valence-electron chi connectivity index (χ0n) is 18.2. The summed E-state index contributed by atoms with van der Waals surface area (Å²) >= 11 is 0. The Hall–Kier alpha value is -3.79. The highest BCUT2D eigenvalue weighted by Crippen LogP contribution is 2.55. The fraction of sp³-hybridized carbons (Fsp3) is 0.348. The Labute approximate surface area is 189 Å². The van der Waals surface area contributed by atoms with Crippen LogP contribution in [-0.2, 0) is 19.9 Å². The lowest BCUT2D eigenvalue weighted by atomic mass is 9.76. The molecule has 0 aromatic heterocycles. The predicted molar refractivity (Wildman–Crippen MR) is 118 cm³/mol. The Morgan fingerprint density at radius 3 is 2.52 bits per heavy atom. The third kappa shape index (κ3) is 2.67. The van der Waals surface area contributed by atoms with E-state index in [0.717, 1.165) is 4.90 Å². The minimum Gasteiger partial charge on any atom is -0.494 e. The monoisotopic (exact) mass is 450 g/mol. The number of non-ortho nitro benzene ring substituents is 1. The Kier molecular flexibility index (Phi) is 4.54. The van der Waals surface area contributed by atoms with Gasteiger partial charge in [0, 0.05) is 23.4 Å². The van der Waals surface area contributed by atoms with Gasteiger partial charge in [-0.15, -0.1) is 0 Å². The number of imide groups is 1. The van der Waals surface area contributed by atoms with Gasteiger partial charge in [-0.05, 0) is 18.1 Å². The molecular formula is C23H22N4O6. The standard InChI is InChI=1S/C23H22N4O6/c1-11(2)19-17-18(23(25-19)13-6-4-5-7-14(13)24-22(23)30)21(29)26(20(17)28)15-9-8-12(27(31)32)10-16(15)33-3/h4-11,17-19,25H,1-3H3,(H,24,30)/t17-,18-,19-,23+/m0/s1. The topological polar surface area (TPSA) is 131 Å². The van der Waals surface area contributed by atoms with Crippen LogP contribution >= 0.6 is 0 Å². The molecular weight excluding hydrogens is 428 g/mol. The SMILES string of the molecule is COc1cc([N+](=O)[O-])ccc1N1C(=O)[C@H]2[C@@H](C1=O)[C@@]1(N[C@H]2C(C)C)C(=O)Nc2ccccc21. The number of hydrogen-bond acceptors (Lipinski definition) is 7. The second-order valence-electron chi connectivity index (χ2n) is 8.85. The van der Waals surface area contributed by atoms with E-state index in [1.165, 1.54) is 25.3 Å². The smallest absolute Gasteiger partial charge is 0.273 e. The molecule has 33 heavy (non-hydrogen) atoms. The van der Waals surface area contributed by atoms with Gasteiger partial charge in [0.1, 0.15) is 11.3 Å². The summed E-state index contributed by atoms with van der Waals surface area (Å²) in [5, 5.41) is 17.4. The van der Waals surface area contributed by atoms with Crippen molar-refractivity contribution in [1.82, 2.24) is 5.32 Å². The van der Waals surface area contributed by atoms with Gasteiger partial charge in [-0.2, -0.15) is 0 Å². The first-order valence-corrected chi connectivity index (χ1v) is 10.6. The van der Waals surface area contributed by atoms with Gasteiger partial charge in [0.2, 0.25) is 17.7 Å². The van der Waals surface area contributed by atoms with Crippen molar-refractivity contribution in [2.45, 2.75) is 25.4 Å². The highest BCUT2D eigenvalue weighted by molar-refractivity contribution is 6.26. The number of nitro groups is 1. The fourth-order valence-corrected chi connectivity index (χ4v) is 5.47. The van der Waals surface area contributed by atoms with Gasteiger partial charge >= 0.3 is 0 Å². The first kappa shape index (κ1) is 21.1. The lowest BCUT2D eigenvalue weighted by Crippen LogP contribution is -2.54. The highest BCUT2D eigenvalue weighted by Gasteiger charge is 2.71.